The second-order valence-corrected chi connectivity index (χ2v) is 7.38. The van der Waals surface area contributed by atoms with Crippen molar-refractivity contribution in [3.8, 4) is 0 Å². The van der Waals surface area contributed by atoms with Crippen molar-refractivity contribution in [2.45, 2.75) is 0 Å². The van der Waals surface area contributed by atoms with Crippen molar-refractivity contribution >= 4 is 60.6 Å². The molecule has 1 aromatic heterocycles. The van der Waals surface area contributed by atoms with Crippen LogP contribution in [0.15, 0.2) is 31.8 Å². The summed E-state index contributed by atoms with van der Waals surface area (Å²) < 4.78 is 15.1. The molecule has 0 aliphatic heterocycles. The Morgan fingerprint density at radius 2 is 1.94 bits per heavy atom. The molecule has 1 aromatic carbocycles. The smallest absolute Gasteiger partial charge is 0.198 e. The molecule has 0 spiro atoms. The first-order chi connectivity index (χ1) is 7.99. The molecule has 0 aliphatic rings. The maximum Gasteiger partial charge on any atom is 0.198 e. The Morgan fingerprint density at radius 3 is 2.47 bits per heavy atom. The Labute approximate surface area is 123 Å². The van der Waals surface area contributed by atoms with Gasteiger partial charge in [0.2, 0.25) is 0 Å². The molecule has 0 fully saturated rings. The standard InChI is InChI=1S/C11H4Br2ClFOS/c12-9-4-7(11(13)17-9)10(16)6-2-1-5(14)3-8(6)15/h1-4H. The van der Waals surface area contributed by atoms with Gasteiger partial charge in [0.15, 0.2) is 5.78 Å². The van der Waals surface area contributed by atoms with Crippen LogP contribution >= 0.6 is 54.8 Å². The Balaban J connectivity index is 2.47. The van der Waals surface area contributed by atoms with Crippen LogP contribution in [0, 0.1) is 5.82 Å². The summed E-state index contributed by atoms with van der Waals surface area (Å²) >= 11 is 13.6. The van der Waals surface area contributed by atoms with E-state index in [2.05, 4.69) is 31.9 Å². The fraction of sp³-hybridized carbons (Fsp3) is 0. The van der Waals surface area contributed by atoms with Crippen molar-refractivity contribution in [2.24, 2.45) is 0 Å². The lowest BCUT2D eigenvalue weighted by molar-refractivity contribution is 0.103. The fourth-order valence-corrected chi connectivity index (χ4v) is 4.27. The van der Waals surface area contributed by atoms with E-state index in [1.54, 1.807) is 6.07 Å². The van der Waals surface area contributed by atoms with Crippen molar-refractivity contribution in [1.29, 1.82) is 0 Å². The first kappa shape index (κ1) is 13.2. The molecule has 0 radical (unpaired) electrons. The maximum atomic E-state index is 13.6. The molecule has 2 aromatic rings. The largest absolute Gasteiger partial charge is 0.288 e. The fourth-order valence-electron chi connectivity index (χ4n) is 1.31. The minimum Gasteiger partial charge on any atom is -0.288 e. The second kappa shape index (κ2) is 5.18. The number of rotatable bonds is 2. The molecule has 6 heteroatoms. The highest BCUT2D eigenvalue weighted by Gasteiger charge is 2.18. The topological polar surface area (TPSA) is 17.1 Å². The van der Waals surface area contributed by atoms with Gasteiger partial charge in [0.1, 0.15) is 5.82 Å². The predicted molar refractivity (Wildman–Crippen MR) is 74.6 cm³/mol. The summed E-state index contributed by atoms with van der Waals surface area (Å²) in [4.78, 5) is 12.1. The Kier molecular flexibility index (Phi) is 4.02. The molecule has 2 rings (SSSR count). The number of hydrogen-bond donors (Lipinski definition) is 0. The third kappa shape index (κ3) is 2.78. The Hall–Kier alpha value is -0.230. The van der Waals surface area contributed by atoms with Crippen LogP contribution in [0.4, 0.5) is 4.39 Å². The molecule has 0 amide bonds. The Bertz CT molecular complexity index is 597. The predicted octanol–water partition coefficient (Wildman–Crippen LogP) is 5.30. The monoisotopic (exact) mass is 396 g/mol. The molecule has 0 aliphatic carbocycles. The van der Waals surface area contributed by atoms with Gasteiger partial charge in [-0.3, -0.25) is 4.79 Å². The number of ketones is 1. The van der Waals surface area contributed by atoms with Gasteiger partial charge in [-0.2, -0.15) is 0 Å². The van der Waals surface area contributed by atoms with E-state index in [9.17, 15) is 9.18 Å². The van der Waals surface area contributed by atoms with Crippen molar-refractivity contribution in [1.82, 2.24) is 0 Å². The number of thiophene rings is 1. The number of hydrogen-bond acceptors (Lipinski definition) is 2. The summed E-state index contributed by atoms with van der Waals surface area (Å²) in [6.45, 7) is 0. The lowest BCUT2D eigenvalue weighted by atomic mass is 10.1. The average Bonchev–Trinajstić information content (AvgIpc) is 2.57. The zero-order valence-corrected chi connectivity index (χ0v) is 12.9. The van der Waals surface area contributed by atoms with Crippen LogP contribution in [-0.2, 0) is 0 Å². The summed E-state index contributed by atoms with van der Waals surface area (Å²) in [6.07, 6.45) is 0. The molecule has 0 N–H and O–H groups in total. The number of carbonyl (C=O) groups is 1. The zero-order valence-electron chi connectivity index (χ0n) is 8.14. The highest BCUT2D eigenvalue weighted by molar-refractivity contribution is 9.12. The SMILES string of the molecule is O=C(c1ccc(Cl)cc1F)c1cc(Br)sc1Br. The van der Waals surface area contributed by atoms with E-state index in [1.165, 1.54) is 23.5 Å². The minimum absolute atomic E-state index is 0.0143. The van der Waals surface area contributed by atoms with Crippen molar-refractivity contribution in [3.05, 3.63) is 53.8 Å². The highest BCUT2D eigenvalue weighted by atomic mass is 79.9. The molecule has 0 unspecified atom stereocenters. The molecule has 0 atom stereocenters. The molecule has 17 heavy (non-hydrogen) atoms. The van der Waals surface area contributed by atoms with E-state index < -0.39 is 5.82 Å². The molecule has 1 nitrogen and oxygen atoms in total. The first-order valence-electron chi connectivity index (χ1n) is 4.43. The van der Waals surface area contributed by atoms with Gasteiger partial charge in [0, 0.05) is 10.6 Å². The van der Waals surface area contributed by atoms with E-state index in [-0.39, 0.29) is 16.4 Å². The molecule has 0 saturated carbocycles. The quantitative estimate of drug-likeness (QED) is 0.628. The van der Waals surface area contributed by atoms with E-state index in [0.29, 0.717) is 9.35 Å². The van der Waals surface area contributed by atoms with Crippen LogP contribution in [0.2, 0.25) is 5.02 Å². The van der Waals surface area contributed by atoms with Crippen LogP contribution in [0.5, 0.6) is 0 Å². The first-order valence-corrected chi connectivity index (χ1v) is 7.21. The molecule has 0 bridgehead atoms. The van der Waals surface area contributed by atoms with Crippen molar-refractivity contribution in [3.63, 3.8) is 0 Å². The molecule has 88 valence electrons. The van der Waals surface area contributed by atoms with Crippen LogP contribution in [-0.4, -0.2) is 5.78 Å². The third-order valence-electron chi connectivity index (χ3n) is 2.08. The van der Waals surface area contributed by atoms with E-state index in [1.807, 2.05) is 0 Å². The normalized spacial score (nSPS) is 10.6. The molecular formula is C11H4Br2ClFOS. The van der Waals surface area contributed by atoms with Gasteiger partial charge in [-0.05, 0) is 56.1 Å². The van der Waals surface area contributed by atoms with Gasteiger partial charge in [0.05, 0.1) is 13.1 Å². The summed E-state index contributed by atoms with van der Waals surface area (Å²) in [6, 6.07) is 5.67. The lowest BCUT2D eigenvalue weighted by Crippen LogP contribution is -2.03. The Morgan fingerprint density at radius 1 is 1.24 bits per heavy atom. The third-order valence-corrected chi connectivity index (χ3v) is 4.65. The maximum absolute atomic E-state index is 13.6. The van der Waals surface area contributed by atoms with E-state index in [0.717, 1.165) is 9.85 Å². The van der Waals surface area contributed by atoms with Gasteiger partial charge in [0.25, 0.3) is 0 Å². The van der Waals surface area contributed by atoms with E-state index >= 15 is 0 Å². The van der Waals surface area contributed by atoms with Crippen LogP contribution in [0.25, 0.3) is 0 Å². The minimum atomic E-state index is -0.614. The average molecular weight is 398 g/mol. The summed E-state index contributed by atoms with van der Waals surface area (Å²) in [5.41, 5.74) is 0.448. The van der Waals surface area contributed by atoms with E-state index in [4.69, 9.17) is 11.6 Å². The summed E-state index contributed by atoms with van der Waals surface area (Å²) in [5, 5.41) is 0.268. The van der Waals surface area contributed by atoms with Crippen LogP contribution in [0.1, 0.15) is 15.9 Å². The van der Waals surface area contributed by atoms with Crippen LogP contribution < -0.4 is 0 Å². The molecule has 0 saturated heterocycles. The highest BCUT2D eigenvalue weighted by Crippen LogP contribution is 2.33. The van der Waals surface area contributed by atoms with Crippen LogP contribution in [0.3, 0.4) is 0 Å². The van der Waals surface area contributed by atoms with Gasteiger partial charge in [-0.25, -0.2) is 4.39 Å². The molecular weight excluding hydrogens is 394 g/mol. The van der Waals surface area contributed by atoms with Gasteiger partial charge in [-0.1, -0.05) is 11.6 Å². The summed E-state index contributed by atoms with van der Waals surface area (Å²) in [5.74, 6) is -0.982. The lowest BCUT2D eigenvalue weighted by Gasteiger charge is -2.01. The second-order valence-electron chi connectivity index (χ2n) is 3.19. The van der Waals surface area contributed by atoms with Crippen molar-refractivity contribution < 1.29 is 9.18 Å². The van der Waals surface area contributed by atoms with Crippen molar-refractivity contribution in [2.75, 3.05) is 0 Å². The number of carbonyl (C=O) groups excluding carboxylic acids is 1. The van der Waals surface area contributed by atoms with Gasteiger partial charge in [-0.15, -0.1) is 11.3 Å². The van der Waals surface area contributed by atoms with Gasteiger partial charge < -0.3 is 0 Å². The number of benzene rings is 1. The van der Waals surface area contributed by atoms with Gasteiger partial charge >= 0.3 is 0 Å². The number of halogens is 4. The summed E-state index contributed by atoms with van der Waals surface area (Å²) in [7, 11) is 0. The molecule has 1 heterocycles. The zero-order chi connectivity index (χ0) is 12.6.